The van der Waals surface area contributed by atoms with Crippen LogP contribution in [0.1, 0.15) is 16.1 Å². The lowest BCUT2D eigenvalue weighted by Gasteiger charge is -2.07. The Labute approximate surface area is 165 Å². The van der Waals surface area contributed by atoms with Gasteiger partial charge in [0.2, 0.25) is 0 Å². The predicted octanol–water partition coefficient (Wildman–Crippen LogP) is 4.12. The highest BCUT2D eigenvalue weighted by Gasteiger charge is 2.14. The molecule has 0 aliphatic carbocycles. The fourth-order valence-corrected chi connectivity index (χ4v) is 2.74. The Kier molecular flexibility index (Phi) is 6.11. The lowest BCUT2D eigenvalue weighted by molar-refractivity contribution is -0.144. The van der Waals surface area contributed by atoms with Crippen LogP contribution in [-0.2, 0) is 16.1 Å². The van der Waals surface area contributed by atoms with Crippen LogP contribution in [0.4, 0.5) is 0 Å². The van der Waals surface area contributed by atoms with E-state index < -0.39 is 11.9 Å². The van der Waals surface area contributed by atoms with Gasteiger partial charge in [-0.25, -0.2) is 0 Å². The molecule has 3 aromatic rings. The molecule has 1 heterocycles. The third-order valence-electron chi connectivity index (χ3n) is 3.57. The molecule has 27 heavy (non-hydrogen) atoms. The van der Waals surface area contributed by atoms with Gasteiger partial charge >= 0.3 is 5.97 Å². The monoisotopic (exact) mass is 404 g/mol. The van der Waals surface area contributed by atoms with Gasteiger partial charge in [0, 0.05) is 16.7 Å². The first-order valence-electron chi connectivity index (χ1n) is 7.93. The molecule has 0 fully saturated rings. The van der Waals surface area contributed by atoms with Crippen molar-refractivity contribution >= 4 is 35.1 Å². The molecule has 0 atom stereocenters. The minimum atomic E-state index is -0.619. The SMILES string of the molecule is O=C(CNC(=O)c1ccc(Cl)cc1Cl)OCc1cc(-c2ccccc2)no1. The number of amides is 1. The summed E-state index contributed by atoms with van der Waals surface area (Å²) in [6.07, 6.45) is 0. The molecule has 0 aliphatic heterocycles. The summed E-state index contributed by atoms with van der Waals surface area (Å²) >= 11 is 11.7. The zero-order valence-corrected chi connectivity index (χ0v) is 15.5. The summed E-state index contributed by atoms with van der Waals surface area (Å²) in [6.45, 7) is -0.395. The molecule has 0 spiro atoms. The maximum Gasteiger partial charge on any atom is 0.325 e. The second-order valence-corrected chi connectivity index (χ2v) is 6.36. The van der Waals surface area contributed by atoms with Crippen LogP contribution in [0.25, 0.3) is 11.3 Å². The molecule has 0 radical (unpaired) electrons. The Hall–Kier alpha value is -2.83. The summed E-state index contributed by atoms with van der Waals surface area (Å²) in [5, 5.41) is 6.99. The molecule has 1 aromatic heterocycles. The van der Waals surface area contributed by atoms with Crippen LogP contribution < -0.4 is 5.32 Å². The zero-order chi connectivity index (χ0) is 19.2. The first-order chi connectivity index (χ1) is 13.0. The molecule has 0 saturated carbocycles. The van der Waals surface area contributed by atoms with Crippen molar-refractivity contribution in [3.05, 3.63) is 76.0 Å². The van der Waals surface area contributed by atoms with Crippen molar-refractivity contribution in [2.75, 3.05) is 6.54 Å². The largest absolute Gasteiger partial charge is 0.456 e. The van der Waals surface area contributed by atoms with Crippen molar-refractivity contribution in [2.24, 2.45) is 0 Å². The number of nitrogens with one attached hydrogen (secondary N) is 1. The van der Waals surface area contributed by atoms with Gasteiger partial charge in [0.25, 0.3) is 5.91 Å². The number of nitrogens with zero attached hydrogens (tertiary/aromatic N) is 1. The van der Waals surface area contributed by atoms with Crippen molar-refractivity contribution in [3.63, 3.8) is 0 Å². The molecule has 3 rings (SSSR count). The Bertz CT molecular complexity index is 957. The van der Waals surface area contributed by atoms with Crippen LogP contribution in [0.3, 0.4) is 0 Å². The number of ether oxygens (including phenoxy) is 1. The number of halogens is 2. The zero-order valence-electron chi connectivity index (χ0n) is 13.9. The van der Waals surface area contributed by atoms with E-state index in [-0.39, 0.29) is 23.7 Å². The number of rotatable bonds is 6. The topological polar surface area (TPSA) is 81.4 Å². The van der Waals surface area contributed by atoms with E-state index >= 15 is 0 Å². The summed E-state index contributed by atoms with van der Waals surface area (Å²) in [5.74, 6) is -0.722. The Morgan fingerprint density at radius 2 is 1.85 bits per heavy atom. The summed E-state index contributed by atoms with van der Waals surface area (Å²) in [6, 6.07) is 15.6. The lowest BCUT2D eigenvalue weighted by atomic mass is 10.1. The summed E-state index contributed by atoms with van der Waals surface area (Å²) < 4.78 is 10.2. The van der Waals surface area contributed by atoms with E-state index in [1.165, 1.54) is 18.2 Å². The van der Waals surface area contributed by atoms with E-state index in [0.29, 0.717) is 16.5 Å². The number of carbonyl (C=O) groups excluding carboxylic acids is 2. The molecular formula is C19H14Cl2N2O4. The third kappa shape index (κ3) is 5.09. The van der Waals surface area contributed by atoms with Crippen LogP contribution >= 0.6 is 23.2 Å². The van der Waals surface area contributed by atoms with Gasteiger partial charge in [-0.3, -0.25) is 9.59 Å². The van der Waals surface area contributed by atoms with Crippen LogP contribution in [0, 0.1) is 0 Å². The van der Waals surface area contributed by atoms with E-state index in [0.717, 1.165) is 5.56 Å². The molecule has 2 aromatic carbocycles. The highest BCUT2D eigenvalue weighted by molar-refractivity contribution is 6.36. The lowest BCUT2D eigenvalue weighted by Crippen LogP contribution is -2.30. The van der Waals surface area contributed by atoms with E-state index in [1.807, 2.05) is 30.3 Å². The second-order valence-electron chi connectivity index (χ2n) is 5.51. The highest BCUT2D eigenvalue weighted by atomic mass is 35.5. The van der Waals surface area contributed by atoms with Crippen molar-refractivity contribution < 1.29 is 18.8 Å². The minimum Gasteiger partial charge on any atom is -0.456 e. The fourth-order valence-electron chi connectivity index (χ4n) is 2.25. The minimum absolute atomic E-state index is 0.0871. The normalized spacial score (nSPS) is 10.4. The Balaban J connectivity index is 1.49. The van der Waals surface area contributed by atoms with Crippen LogP contribution in [-0.4, -0.2) is 23.6 Å². The predicted molar refractivity (Wildman–Crippen MR) is 101 cm³/mol. The van der Waals surface area contributed by atoms with Gasteiger partial charge < -0.3 is 14.6 Å². The number of benzene rings is 2. The van der Waals surface area contributed by atoms with Gasteiger partial charge in [0.15, 0.2) is 12.4 Å². The molecule has 6 nitrogen and oxygen atoms in total. The fraction of sp³-hybridized carbons (Fsp3) is 0.105. The van der Waals surface area contributed by atoms with E-state index in [4.69, 9.17) is 32.5 Å². The number of hydrogen-bond acceptors (Lipinski definition) is 5. The molecule has 1 N–H and O–H groups in total. The van der Waals surface area contributed by atoms with E-state index in [1.54, 1.807) is 6.07 Å². The number of carbonyl (C=O) groups is 2. The molecule has 0 saturated heterocycles. The molecule has 0 aliphatic rings. The van der Waals surface area contributed by atoms with Gasteiger partial charge in [-0.2, -0.15) is 0 Å². The molecule has 0 unspecified atom stereocenters. The van der Waals surface area contributed by atoms with E-state index in [9.17, 15) is 9.59 Å². The average molecular weight is 405 g/mol. The molecular weight excluding hydrogens is 391 g/mol. The summed E-state index contributed by atoms with van der Waals surface area (Å²) in [5.41, 5.74) is 1.76. The van der Waals surface area contributed by atoms with Gasteiger partial charge in [0.1, 0.15) is 12.2 Å². The molecule has 138 valence electrons. The van der Waals surface area contributed by atoms with Gasteiger partial charge in [0.05, 0.1) is 10.6 Å². The summed E-state index contributed by atoms with van der Waals surface area (Å²) in [4.78, 5) is 23.9. The smallest absolute Gasteiger partial charge is 0.325 e. The van der Waals surface area contributed by atoms with E-state index in [2.05, 4.69) is 10.5 Å². The van der Waals surface area contributed by atoms with Crippen molar-refractivity contribution in [3.8, 4) is 11.3 Å². The maximum absolute atomic E-state index is 12.0. The number of esters is 1. The third-order valence-corrected chi connectivity index (χ3v) is 4.12. The van der Waals surface area contributed by atoms with Crippen molar-refractivity contribution in [2.45, 2.75) is 6.61 Å². The Morgan fingerprint density at radius 1 is 1.07 bits per heavy atom. The van der Waals surface area contributed by atoms with Gasteiger partial charge in [-0.1, -0.05) is 58.7 Å². The first-order valence-corrected chi connectivity index (χ1v) is 8.68. The molecule has 0 bridgehead atoms. The summed E-state index contributed by atoms with van der Waals surface area (Å²) in [7, 11) is 0. The standard InChI is InChI=1S/C19H14Cl2N2O4/c20-13-6-7-15(16(21)8-13)19(25)22-10-18(24)26-11-14-9-17(23-27-14)12-4-2-1-3-5-12/h1-9H,10-11H2,(H,22,25). The second kappa shape index (κ2) is 8.70. The van der Waals surface area contributed by atoms with Crippen molar-refractivity contribution in [1.82, 2.24) is 10.5 Å². The quantitative estimate of drug-likeness (QED) is 0.624. The molecule has 1 amide bonds. The van der Waals surface area contributed by atoms with Crippen LogP contribution in [0.2, 0.25) is 10.0 Å². The van der Waals surface area contributed by atoms with Gasteiger partial charge in [-0.05, 0) is 18.2 Å². The van der Waals surface area contributed by atoms with Gasteiger partial charge in [-0.15, -0.1) is 0 Å². The van der Waals surface area contributed by atoms with Crippen molar-refractivity contribution in [1.29, 1.82) is 0 Å². The first kappa shape index (κ1) is 18.9. The molecule has 8 heteroatoms. The van der Waals surface area contributed by atoms with Crippen LogP contribution in [0.15, 0.2) is 59.1 Å². The Morgan fingerprint density at radius 3 is 2.59 bits per heavy atom. The maximum atomic E-state index is 12.0. The average Bonchev–Trinajstić information content (AvgIpc) is 3.14. The van der Waals surface area contributed by atoms with Crippen LogP contribution in [0.5, 0.6) is 0 Å². The highest BCUT2D eigenvalue weighted by Crippen LogP contribution is 2.21. The number of hydrogen-bond donors (Lipinski definition) is 1. The number of aromatic nitrogens is 1.